The number of nitro groups is 1. The first-order valence-electron chi connectivity index (χ1n) is 16.3. The van der Waals surface area contributed by atoms with Gasteiger partial charge in [0, 0.05) is 6.07 Å². The molecule has 0 N–H and O–H groups in total. The maximum Gasteiger partial charge on any atom is 0.311 e. The molecule has 1 aliphatic rings. The first-order chi connectivity index (χ1) is 24.1. The Morgan fingerprint density at radius 1 is 0.531 bits per heavy atom. The molecule has 6 rings (SSSR count). The lowest BCUT2D eigenvalue weighted by molar-refractivity contribution is -0.387. The maximum atomic E-state index is 12.0. The Hall–Kier alpha value is -4.90. The van der Waals surface area contributed by atoms with Crippen molar-refractivity contribution in [3.05, 3.63) is 178 Å². The van der Waals surface area contributed by atoms with Gasteiger partial charge in [0.1, 0.15) is 24.4 Å². The van der Waals surface area contributed by atoms with Gasteiger partial charge in [-0.3, -0.25) is 10.1 Å². The van der Waals surface area contributed by atoms with Crippen molar-refractivity contribution in [3.63, 3.8) is 0 Å². The van der Waals surface area contributed by atoms with Crippen LogP contribution in [0.4, 0.5) is 5.69 Å². The monoisotopic (exact) mass is 661 g/mol. The summed E-state index contributed by atoms with van der Waals surface area (Å²) in [7, 11) is 0. The molecule has 0 amide bonds. The van der Waals surface area contributed by atoms with Crippen molar-refractivity contribution in [3.8, 4) is 5.75 Å². The molecule has 1 fully saturated rings. The molecule has 1 saturated heterocycles. The third kappa shape index (κ3) is 9.60. The van der Waals surface area contributed by atoms with Gasteiger partial charge in [0.15, 0.2) is 5.75 Å². The minimum atomic E-state index is -1.10. The Bertz CT molecular complexity index is 1710. The van der Waals surface area contributed by atoms with Crippen molar-refractivity contribution in [1.29, 1.82) is 0 Å². The second-order valence-electron chi connectivity index (χ2n) is 11.7. The maximum absolute atomic E-state index is 12.0. The topological polar surface area (TPSA) is 98.5 Å². The third-order valence-electron chi connectivity index (χ3n) is 8.15. The molecule has 0 bridgehead atoms. The van der Waals surface area contributed by atoms with Crippen LogP contribution in [0.15, 0.2) is 146 Å². The zero-order chi connectivity index (χ0) is 33.7. The molecule has 0 aromatic heterocycles. The quantitative estimate of drug-likeness (QED) is 0.0785. The van der Waals surface area contributed by atoms with Gasteiger partial charge in [0.05, 0.1) is 38.0 Å². The van der Waals surface area contributed by atoms with Gasteiger partial charge >= 0.3 is 5.69 Å². The average molecular weight is 662 g/mol. The van der Waals surface area contributed by atoms with Gasteiger partial charge in [-0.15, -0.1) is 0 Å². The largest absolute Gasteiger partial charge is 0.455 e. The van der Waals surface area contributed by atoms with Gasteiger partial charge in [0.2, 0.25) is 6.29 Å². The Morgan fingerprint density at radius 3 is 1.47 bits per heavy atom. The molecule has 0 aliphatic carbocycles. The van der Waals surface area contributed by atoms with Crippen LogP contribution in [0.1, 0.15) is 22.3 Å². The van der Waals surface area contributed by atoms with Crippen LogP contribution in [0.25, 0.3) is 0 Å². The highest BCUT2D eigenvalue weighted by Gasteiger charge is 2.50. The van der Waals surface area contributed by atoms with Crippen LogP contribution in [0.5, 0.6) is 5.75 Å². The van der Waals surface area contributed by atoms with Crippen molar-refractivity contribution < 1.29 is 33.3 Å². The number of benzene rings is 5. The minimum Gasteiger partial charge on any atom is -0.455 e. The van der Waals surface area contributed by atoms with Gasteiger partial charge in [-0.2, -0.15) is 0 Å². The second kappa shape index (κ2) is 17.5. The molecular formula is C40H39NO8. The van der Waals surface area contributed by atoms with Crippen LogP contribution in [0.2, 0.25) is 0 Å². The fourth-order valence-electron chi connectivity index (χ4n) is 5.67. The molecular weight excluding hydrogens is 622 g/mol. The van der Waals surface area contributed by atoms with Gasteiger partial charge in [0.25, 0.3) is 0 Å². The first-order valence-corrected chi connectivity index (χ1v) is 16.3. The van der Waals surface area contributed by atoms with E-state index in [0.29, 0.717) is 6.61 Å². The van der Waals surface area contributed by atoms with E-state index in [1.54, 1.807) is 18.2 Å². The van der Waals surface area contributed by atoms with Crippen LogP contribution < -0.4 is 4.74 Å². The van der Waals surface area contributed by atoms with Gasteiger partial charge in [-0.25, -0.2) is 0 Å². The Morgan fingerprint density at radius 2 is 0.959 bits per heavy atom. The van der Waals surface area contributed by atoms with E-state index in [9.17, 15) is 10.1 Å². The van der Waals surface area contributed by atoms with Crippen LogP contribution in [-0.2, 0) is 50.1 Å². The van der Waals surface area contributed by atoms with E-state index in [-0.39, 0.29) is 37.9 Å². The van der Waals surface area contributed by atoms with Gasteiger partial charge in [-0.05, 0) is 28.3 Å². The number of rotatable bonds is 16. The lowest BCUT2D eigenvalue weighted by Gasteiger charge is -2.45. The SMILES string of the molecule is O=[N+]([O-])c1ccccc1O[C@H]1O[C@H](COCc2ccccc2)[C@@H](OCc2ccccc2)[C@H](OCc2ccccc2)[C@H]1OCc1ccccc1. The predicted octanol–water partition coefficient (Wildman–Crippen LogP) is 7.67. The van der Waals surface area contributed by atoms with E-state index in [1.165, 1.54) is 6.07 Å². The molecule has 0 unspecified atom stereocenters. The van der Waals surface area contributed by atoms with Crippen molar-refractivity contribution in [2.24, 2.45) is 0 Å². The fourth-order valence-corrected chi connectivity index (χ4v) is 5.67. The summed E-state index contributed by atoms with van der Waals surface area (Å²) in [6.07, 6.45) is -4.02. The molecule has 9 nitrogen and oxygen atoms in total. The summed E-state index contributed by atoms with van der Waals surface area (Å²) in [5.74, 6) is 0.0558. The molecule has 1 aliphatic heterocycles. The zero-order valence-corrected chi connectivity index (χ0v) is 27.0. The highest BCUT2D eigenvalue weighted by molar-refractivity contribution is 5.45. The molecule has 0 saturated carbocycles. The molecule has 5 aromatic rings. The number of nitrogens with zero attached hydrogens (tertiary/aromatic N) is 1. The molecule has 5 aromatic carbocycles. The van der Waals surface area contributed by atoms with Crippen LogP contribution >= 0.6 is 0 Å². The highest BCUT2D eigenvalue weighted by atomic mass is 16.7. The van der Waals surface area contributed by atoms with E-state index in [4.69, 9.17) is 28.4 Å². The summed E-state index contributed by atoms with van der Waals surface area (Å²) in [5.41, 5.74) is 3.70. The van der Waals surface area contributed by atoms with Crippen molar-refractivity contribution in [2.45, 2.75) is 57.1 Å². The third-order valence-corrected chi connectivity index (χ3v) is 8.15. The number of hydrogen-bond acceptors (Lipinski definition) is 8. The van der Waals surface area contributed by atoms with Crippen molar-refractivity contribution in [2.75, 3.05) is 6.61 Å². The molecule has 5 atom stereocenters. The fraction of sp³-hybridized carbons (Fsp3) is 0.250. The van der Waals surface area contributed by atoms with E-state index in [1.807, 2.05) is 121 Å². The number of para-hydroxylation sites is 2. The highest BCUT2D eigenvalue weighted by Crippen LogP contribution is 2.35. The number of ether oxygens (including phenoxy) is 6. The molecule has 0 spiro atoms. The van der Waals surface area contributed by atoms with Crippen LogP contribution in [0.3, 0.4) is 0 Å². The number of hydrogen-bond donors (Lipinski definition) is 0. The summed E-state index contributed by atoms with van der Waals surface area (Å²) >= 11 is 0. The molecule has 49 heavy (non-hydrogen) atoms. The molecule has 9 heteroatoms. The summed E-state index contributed by atoms with van der Waals surface area (Å²) in [6.45, 7) is 1.26. The predicted molar refractivity (Wildman–Crippen MR) is 184 cm³/mol. The standard InChI is InChI=1S/C40H39NO8/c42-41(43)34-23-13-14-24-35(34)48-40-39(47-28-33-21-11-4-12-22-33)38(46-27-32-19-9-3-10-20-32)37(45-26-31-17-7-2-8-18-31)36(49-40)29-44-25-30-15-5-1-6-16-30/h1-24,36-40H,25-29H2/t36-,37-,38+,39-,40+/m1/s1. The van der Waals surface area contributed by atoms with Gasteiger partial charge in [-0.1, -0.05) is 133 Å². The van der Waals surface area contributed by atoms with E-state index in [2.05, 4.69) is 0 Å². The van der Waals surface area contributed by atoms with E-state index in [0.717, 1.165) is 22.3 Å². The lowest BCUT2D eigenvalue weighted by Crippen LogP contribution is -2.62. The Labute approximate surface area is 286 Å². The first kappa shape index (κ1) is 34.0. The smallest absolute Gasteiger partial charge is 0.311 e. The molecule has 0 radical (unpaired) electrons. The summed E-state index contributed by atoms with van der Waals surface area (Å²) in [5, 5.41) is 12.0. The molecule has 252 valence electrons. The van der Waals surface area contributed by atoms with Crippen molar-refractivity contribution >= 4 is 5.69 Å². The molecule has 1 heterocycles. The minimum absolute atomic E-state index is 0.0558. The summed E-state index contributed by atoms with van der Waals surface area (Å²) in [4.78, 5) is 11.5. The lowest BCUT2D eigenvalue weighted by atomic mass is 9.97. The zero-order valence-electron chi connectivity index (χ0n) is 27.0. The van der Waals surface area contributed by atoms with Crippen molar-refractivity contribution in [1.82, 2.24) is 0 Å². The van der Waals surface area contributed by atoms with Gasteiger partial charge < -0.3 is 28.4 Å². The normalized spacial score (nSPS) is 20.4. The van der Waals surface area contributed by atoms with E-state index < -0.39 is 35.6 Å². The summed E-state index contributed by atoms with van der Waals surface area (Å²) in [6, 6.07) is 45.5. The summed E-state index contributed by atoms with van der Waals surface area (Å²) < 4.78 is 39.2. The van der Waals surface area contributed by atoms with E-state index >= 15 is 0 Å². The number of nitro benzene ring substituents is 1. The van der Waals surface area contributed by atoms with Crippen LogP contribution in [-0.4, -0.2) is 42.2 Å². The van der Waals surface area contributed by atoms with Crippen LogP contribution in [0, 0.1) is 10.1 Å². The Balaban J connectivity index is 1.35. The second-order valence-corrected chi connectivity index (χ2v) is 11.7. The average Bonchev–Trinajstić information content (AvgIpc) is 3.15. The Kier molecular flexibility index (Phi) is 12.1.